The molecule has 1 N–H and O–H groups in total. The average Bonchev–Trinajstić information content (AvgIpc) is 3.09. The van der Waals surface area contributed by atoms with Gasteiger partial charge in [0.05, 0.1) is 18.7 Å². The molecule has 0 bridgehead atoms. The summed E-state index contributed by atoms with van der Waals surface area (Å²) in [6.07, 6.45) is 4.05. The fraction of sp³-hybridized carbons (Fsp3) is 0.192. The van der Waals surface area contributed by atoms with E-state index in [1.54, 1.807) is 24.5 Å². The number of hydrogen-bond acceptors (Lipinski definition) is 5. The molecule has 1 atom stereocenters. The van der Waals surface area contributed by atoms with E-state index >= 15 is 0 Å². The fourth-order valence-electron chi connectivity index (χ4n) is 3.98. The molecule has 0 saturated carbocycles. The third-order valence-electron chi connectivity index (χ3n) is 5.77. The lowest BCUT2D eigenvalue weighted by Gasteiger charge is -2.25. The summed E-state index contributed by atoms with van der Waals surface area (Å²) < 4.78 is 19.2. The van der Waals surface area contributed by atoms with Crippen LogP contribution in [0.1, 0.15) is 35.2 Å². The van der Waals surface area contributed by atoms with Crippen LogP contribution >= 0.6 is 0 Å². The van der Waals surface area contributed by atoms with Gasteiger partial charge in [0, 0.05) is 24.5 Å². The number of aliphatic hydroxyl groups excluding tert-OH is 1. The number of aliphatic hydroxyl groups is 1. The number of methoxy groups -OCH3 is 1. The second kappa shape index (κ2) is 9.24. The van der Waals surface area contributed by atoms with Crippen LogP contribution in [0.2, 0.25) is 0 Å². The zero-order valence-electron chi connectivity index (χ0n) is 18.3. The number of ether oxygens (including phenoxy) is 1. The molecule has 0 radical (unpaired) electrons. The van der Waals surface area contributed by atoms with Gasteiger partial charge in [-0.25, -0.2) is 4.39 Å². The van der Waals surface area contributed by atoms with Crippen molar-refractivity contribution in [3.8, 4) is 5.75 Å². The van der Waals surface area contributed by atoms with E-state index in [2.05, 4.69) is 4.98 Å². The van der Waals surface area contributed by atoms with Gasteiger partial charge in [0.25, 0.3) is 11.7 Å². The van der Waals surface area contributed by atoms with Crippen molar-refractivity contribution in [2.45, 2.75) is 25.9 Å². The molecule has 6 nitrogen and oxygen atoms in total. The number of carbonyl (C=O) groups excluding carboxylic acids is 2. The first-order valence-corrected chi connectivity index (χ1v) is 10.5. The van der Waals surface area contributed by atoms with Crippen molar-refractivity contribution in [2.24, 2.45) is 0 Å². The summed E-state index contributed by atoms with van der Waals surface area (Å²) in [6, 6.07) is 14.1. The average molecular weight is 446 g/mol. The van der Waals surface area contributed by atoms with Crippen LogP contribution in [0.4, 0.5) is 4.39 Å². The Hall–Kier alpha value is -4.00. The number of aryl methyl sites for hydroxylation is 1. The molecule has 7 heteroatoms. The van der Waals surface area contributed by atoms with Gasteiger partial charge in [-0.15, -0.1) is 0 Å². The third-order valence-corrected chi connectivity index (χ3v) is 5.77. The van der Waals surface area contributed by atoms with Gasteiger partial charge >= 0.3 is 0 Å². The van der Waals surface area contributed by atoms with Crippen molar-refractivity contribution >= 4 is 17.4 Å². The molecule has 1 saturated heterocycles. The van der Waals surface area contributed by atoms with Crippen LogP contribution in [0.5, 0.6) is 5.75 Å². The molecule has 0 aliphatic carbocycles. The van der Waals surface area contributed by atoms with E-state index in [1.165, 1.54) is 24.1 Å². The number of halogens is 1. The SMILES string of the molecule is CCc1ccc(C2C(=C(O)c3ccc(OC)c(F)c3)C(=O)C(=O)N2Cc2ccncc2)cc1. The van der Waals surface area contributed by atoms with Gasteiger partial charge in [0.15, 0.2) is 11.6 Å². The maximum Gasteiger partial charge on any atom is 0.295 e. The van der Waals surface area contributed by atoms with Crippen LogP contribution in [0.3, 0.4) is 0 Å². The number of rotatable bonds is 6. The standard InChI is InChI=1S/C26H23FN2O4/c1-3-16-4-6-18(7-5-16)23-22(24(30)19-8-9-21(33-2)20(27)14-19)25(31)26(32)29(23)15-17-10-12-28-13-11-17/h4-14,23,30H,3,15H2,1-2H3. The first-order valence-electron chi connectivity index (χ1n) is 10.5. The van der Waals surface area contributed by atoms with E-state index in [4.69, 9.17) is 4.74 Å². The van der Waals surface area contributed by atoms with Crippen molar-refractivity contribution in [3.05, 3.63) is 101 Å². The summed E-state index contributed by atoms with van der Waals surface area (Å²) in [7, 11) is 1.34. The molecule has 33 heavy (non-hydrogen) atoms. The highest BCUT2D eigenvalue weighted by Crippen LogP contribution is 2.40. The van der Waals surface area contributed by atoms with Crippen molar-refractivity contribution in [3.63, 3.8) is 0 Å². The molecule has 0 spiro atoms. The lowest BCUT2D eigenvalue weighted by atomic mass is 9.94. The minimum atomic E-state index is -0.825. The van der Waals surface area contributed by atoms with Gasteiger partial charge in [-0.05, 0) is 53.4 Å². The van der Waals surface area contributed by atoms with Gasteiger partial charge in [-0.2, -0.15) is 0 Å². The van der Waals surface area contributed by atoms with E-state index in [0.29, 0.717) is 5.56 Å². The Balaban J connectivity index is 1.85. The third kappa shape index (κ3) is 4.22. The van der Waals surface area contributed by atoms with Crippen molar-refractivity contribution in [1.82, 2.24) is 9.88 Å². The Morgan fingerprint density at radius 2 is 1.76 bits per heavy atom. The summed E-state index contributed by atoms with van der Waals surface area (Å²) in [5.41, 5.74) is 2.57. The molecule has 2 aromatic carbocycles. The maximum absolute atomic E-state index is 14.3. The molecule has 1 aliphatic heterocycles. The van der Waals surface area contributed by atoms with E-state index < -0.39 is 29.3 Å². The van der Waals surface area contributed by atoms with E-state index in [9.17, 15) is 19.1 Å². The smallest absolute Gasteiger partial charge is 0.295 e. The minimum absolute atomic E-state index is 0.0105. The van der Waals surface area contributed by atoms with Crippen LogP contribution in [-0.2, 0) is 22.6 Å². The summed E-state index contributed by atoms with van der Waals surface area (Å²) >= 11 is 0. The molecule has 1 aromatic heterocycles. The number of benzene rings is 2. The maximum atomic E-state index is 14.3. The second-order valence-corrected chi connectivity index (χ2v) is 7.73. The Bertz CT molecular complexity index is 1220. The number of likely N-dealkylation sites (tertiary alicyclic amines) is 1. The summed E-state index contributed by atoms with van der Waals surface area (Å²) in [6.45, 7) is 2.18. The highest BCUT2D eigenvalue weighted by molar-refractivity contribution is 6.46. The number of amides is 1. The summed E-state index contributed by atoms with van der Waals surface area (Å²) in [5.74, 6) is -2.65. The minimum Gasteiger partial charge on any atom is -0.507 e. The van der Waals surface area contributed by atoms with E-state index in [1.807, 2.05) is 31.2 Å². The number of nitrogens with zero attached hydrogens (tertiary/aromatic N) is 2. The van der Waals surface area contributed by atoms with Gasteiger partial charge < -0.3 is 14.7 Å². The van der Waals surface area contributed by atoms with Crippen molar-refractivity contribution < 1.29 is 23.8 Å². The van der Waals surface area contributed by atoms with E-state index in [0.717, 1.165) is 23.6 Å². The largest absolute Gasteiger partial charge is 0.507 e. The lowest BCUT2D eigenvalue weighted by Crippen LogP contribution is -2.29. The van der Waals surface area contributed by atoms with E-state index in [-0.39, 0.29) is 23.4 Å². The molecule has 1 fully saturated rings. The Morgan fingerprint density at radius 3 is 2.36 bits per heavy atom. The normalized spacial score (nSPS) is 17.4. The molecule has 3 aromatic rings. The predicted molar refractivity (Wildman–Crippen MR) is 121 cm³/mol. The van der Waals surface area contributed by atoms with Gasteiger partial charge in [0.2, 0.25) is 0 Å². The molecule has 1 aliphatic rings. The zero-order valence-corrected chi connectivity index (χ0v) is 18.3. The first-order chi connectivity index (χ1) is 15.9. The van der Waals surface area contributed by atoms with Gasteiger partial charge in [0.1, 0.15) is 5.76 Å². The van der Waals surface area contributed by atoms with Crippen LogP contribution < -0.4 is 4.74 Å². The first kappa shape index (κ1) is 22.2. The van der Waals surface area contributed by atoms with Crippen molar-refractivity contribution in [1.29, 1.82) is 0 Å². The van der Waals surface area contributed by atoms with Crippen LogP contribution in [0.25, 0.3) is 5.76 Å². The molecule has 1 amide bonds. The topological polar surface area (TPSA) is 79.7 Å². The monoisotopic (exact) mass is 446 g/mol. The number of carbonyl (C=O) groups is 2. The molecular formula is C26H23FN2O4. The lowest BCUT2D eigenvalue weighted by molar-refractivity contribution is -0.140. The van der Waals surface area contributed by atoms with Gasteiger partial charge in [-0.1, -0.05) is 31.2 Å². The summed E-state index contributed by atoms with van der Waals surface area (Å²) in [5, 5.41) is 11.1. The summed E-state index contributed by atoms with van der Waals surface area (Å²) in [4.78, 5) is 31.6. The number of hydrogen-bond donors (Lipinski definition) is 1. The second-order valence-electron chi connectivity index (χ2n) is 7.73. The number of pyridine rings is 1. The highest BCUT2D eigenvalue weighted by Gasteiger charge is 2.46. The van der Waals surface area contributed by atoms with Crippen LogP contribution in [0.15, 0.2) is 72.6 Å². The van der Waals surface area contributed by atoms with Crippen LogP contribution in [-0.4, -0.2) is 33.8 Å². The molecule has 4 rings (SSSR count). The van der Waals surface area contributed by atoms with Gasteiger partial charge in [-0.3, -0.25) is 14.6 Å². The molecule has 2 heterocycles. The molecule has 1 unspecified atom stereocenters. The Kier molecular flexibility index (Phi) is 6.22. The van der Waals surface area contributed by atoms with Crippen LogP contribution in [0, 0.1) is 5.82 Å². The fourth-order valence-corrected chi connectivity index (χ4v) is 3.98. The zero-order chi connectivity index (χ0) is 23.5. The Morgan fingerprint density at radius 1 is 1.06 bits per heavy atom. The number of aromatic nitrogens is 1. The highest BCUT2D eigenvalue weighted by atomic mass is 19.1. The van der Waals surface area contributed by atoms with Crippen molar-refractivity contribution in [2.75, 3.05) is 7.11 Å². The quantitative estimate of drug-likeness (QED) is 0.345. The number of Topliss-reactive ketones (excluding diaryl/α,β-unsaturated/α-hetero) is 1. The Labute approximate surface area is 191 Å². The molecule has 168 valence electrons. The number of ketones is 1. The predicted octanol–water partition coefficient (Wildman–Crippen LogP) is 4.41. The molecular weight excluding hydrogens is 423 g/mol.